The molecule has 8 nitrogen and oxygen atoms in total. The monoisotopic (exact) mass is 409 g/mol. The first-order valence-electron chi connectivity index (χ1n) is 11.1. The summed E-state index contributed by atoms with van der Waals surface area (Å²) in [6.07, 6.45) is 7.72. The Kier molecular flexibility index (Phi) is 11.5. The number of nitro groups is 1. The molecular weight excluding hydrogens is 370 g/mol. The SMILES string of the molecule is CCCCCN(CCCCC)CC(C)NC(=O)C(CC)n1nc([N+](=O)[O-])cc1C. The van der Waals surface area contributed by atoms with Crippen LogP contribution in [0, 0.1) is 17.0 Å². The van der Waals surface area contributed by atoms with Crippen LogP contribution in [0.25, 0.3) is 0 Å². The fourth-order valence-corrected chi connectivity index (χ4v) is 3.58. The number of rotatable bonds is 15. The lowest BCUT2D eigenvalue weighted by Gasteiger charge is -2.27. The Morgan fingerprint density at radius 3 is 2.24 bits per heavy atom. The van der Waals surface area contributed by atoms with Gasteiger partial charge in [-0.25, -0.2) is 0 Å². The van der Waals surface area contributed by atoms with Crippen molar-refractivity contribution in [1.82, 2.24) is 20.0 Å². The molecule has 29 heavy (non-hydrogen) atoms. The van der Waals surface area contributed by atoms with Crippen LogP contribution in [-0.2, 0) is 4.79 Å². The highest BCUT2D eigenvalue weighted by Gasteiger charge is 2.28. The standard InChI is InChI=1S/C21H39N5O3/c1-6-9-11-13-24(14-12-10-7-2)16-17(4)22-21(27)19(8-3)25-18(5)15-20(23-25)26(28)29/h15,17,19H,6-14,16H2,1-5H3,(H,22,27). The van der Waals surface area contributed by atoms with Crippen LogP contribution in [0.15, 0.2) is 6.07 Å². The van der Waals surface area contributed by atoms with Gasteiger partial charge in [0.05, 0.1) is 16.9 Å². The highest BCUT2D eigenvalue weighted by atomic mass is 16.6. The third kappa shape index (κ3) is 8.51. The van der Waals surface area contributed by atoms with Crippen molar-refractivity contribution in [2.45, 2.75) is 91.6 Å². The molecule has 0 radical (unpaired) electrons. The molecule has 0 aliphatic carbocycles. The number of hydrogen-bond donors (Lipinski definition) is 1. The fourth-order valence-electron chi connectivity index (χ4n) is 3.58. The summed E-state index contributed by atoms with van der Waals surface area (Å²) in [6, 6.07) is 0.869. The van der Waals surface area contributed by atoms with Gasteiger partial charge < -0.3 is 20.3 Å². The maximum Gasteiger partial charge on any atom is 0.390 e. The van der Waals surface area contributed by atoms with Crippen LogP contribution < -0.4 is 5.32 Å². The van der Waals surface area contributed by atoms with Crippen LogP contribution in [0.5, 0.6) is 0 Å². The van der Waals surface area contributed by atoms with Crippen molar-refractivity contribution in [3.05, 3.63) is 21.9 Å². The third-order valence-electron chi connectivity index (χ3n) is 5.16. The van der Waals surface area contributed by atoms with Gasteiger partial charge in [-0.15, -0.1) is 0 Å². The molecule has 1 rings (SSSR count). The number of nitrogens with one attached hydrogen (secondary N) is 1. The number of aryl methyl sites for hydroxylation is 1. The zero-order chi connectivity index (χ0) is 21.8. The summed E-state index contributed by atoms with van der Waals surface area (Å²) in [5.74, 6) is -0.358. The molecule has 0 aliphatic rings. The van der Waals surface area contributed by atoms with Gasteiger partial charge in [0.25, 0.3) is 0 Å². The average molecular weight is 410 g/mol. The average Bonchev–Trinajstić information content (AvgIpc) is 3.04. The molecule has 8 heteroatoms. The second-order valence-electron chi connectivity index (χ2n) is 7.89. The topological polar surface area (TPSA) is 93.3 Å². The molecule has 166 valence electrons. The molecule has 1 amide bonds. The minimum absolute atomic E-state index is 0.00524. The van der Waals surface area contributed by atoms with E-state index in [4.69, 9.17) is 0 Å². The van der Waals surface area contributed by atoms with E-state index in [9.17, 15) is 14.9 Å². The summed E-state index contributed by atoms with van der Waals surface area (Å²) in [7, 11) is 0. The largest absolute Gasteiger partial charge is 0.390 e. The first-order chi connectivity index (χ1) is 13.8. The maximum atomic E-state index is 12.9. The Balaban J connectivity index is 2.71. The predicted octanol–water partition coefficient (Wildman–Crippen LogP) is 4.24. The van der Waals surface area contributed by atoms with Gasteiger partial charge in [-0.2, -0.15) is 4.68 Å². The van der Waals surface area contributed by atoms with Gasteiger partial charge in [-0.1, -0.05) is 46.5 Å². The van der Waals surface area contributed by atoms with Crippen molar-refractivity contribution < 1.29 is 9.72 Å². The summed E-state index contributed by atoms with van der Waals surface area (Å²) >= 11 is 0. The Morgan fingerprint density at radius 2 is 1.79 bits per heavy atom. The van der Waals surface area contributed by atoms with Gasteiger partial charge in [0, 0.05) is 12.6 Å². The molecular formula is C21H39N5O3. The third-order valence-corrected chi connectivity index (χ3v) is 5.16. The first kappa shape index (κ1) is 25.1. The molecule has 1 heterocycles. The van der Waals surface area contributed by atoms with E-state index < -0.39 is 11.0 Å². The number of unbranched alkanes of at least 4 members (excludes halogenated alkanes) is 4. The lowest BCUT2D eigenvalue weighted by atomic mass is 10.1. The van der Waals surface area contributed by atoms with Gasteiger partial charge in [-0.05, 0) is 51.1 Å². The van der Waals surface area contributed by atoms with Gasteiger partial charge >= 0.3 is 5.82 Å². The Morgan fingerprint density at radius 1 is 1.21 bits per heavy atom. The summed E-state index contributed by atoms with van der Waals surface area (Å²) in [6.45, 7) is 13.0. The summed E-state index contributed by atoms with van der Waals surface area (Å²) in [4.78, 5) is 25.8. The van der Waals surface area contributed by atoms with Crippen LogP contribution in [0.4, 0.5) is 5.82 Å². The Hall–Kier alpha value is -1.96. The Labute approximate surface area is 175 Å². The van der Waals surface area contributed by atoms with Crippen LogP contribution in [-0.4, -0.2) is 51.2 Å². The molecule has 1 aromatic heterocycles. The molecule has 0 saturated heterocycles. The maximum absolute atomic E-state index is 12.9. The van der Waals surface area contributed by atoms with Crippen molar-refractivity contribution in [3.8, 4) is 0 Å². The lowest BCUT2D eigenvalue weighted by Crippen LogP contribution is -2.45. The molecule has 0 fully saturated rings. The van der Waals surface area contributed by atoms with E-state index in [1.807, 2.05) is 13.8 Å². The number of hydrogen-bond acceptors (Lipinski definition) is 5. The molecule has 1 N–H and O–H groups in total. The molecule has 0 saturated carbocycles. The fraction of sp³-hybridized carbons (Fsp3) is 0.810. The predicted molar refractivity (Wildman–Crippen MR) is 116 cm³/mol. The molecule has 0 aromatic carbocycles. The quantitative estimate of drug-likeness (QED) is 0.266. The van der Waals surface area contributed by atoms with Gasteiger partial charge in [0.1, 0.15) is 0 Å². The van der Waals surface area contributed by atoms with Crippen LogP contribution in [0.3, 0.4) is 0 Å². The summed E-state index contributed by atoms with van der Waals surface area (Å²) in [5, 5.41) is 18.1. The molecule has 2 unspecified atom stereocenters. The van der Waals surface area contributed by atoms with Crippen molar-refractivity contribution in [2.75, 3.05) is 19.6 Å². The smallest absolute Gasteiger partial charge is 0.358 e. The van der Waals surface area contributed by atoms with Crippen molar-refractivity contribution in [1.29, 1.82) is 0 Å². The molecule has 1 aromatic rings. The Bertz CT molecular complexity index is 622. The minimum Gasteiger partial charge on any atom is -0.358 e. The van der Waals surface area contributed by atoms with Crippen LogP contribution in [0.1, 0.15) is 84.4 Å². The molecule has 0 bridgehead atoms. The second kappa shape index (κ2) is 13.3. The van der Waals surface area contributed by atoms with Crippen LogP contribution >= 0.6 is 0 Å². The summed E-state index contributed by atoms with van der Waals surface area (Å²) < 4.78 is 1.47. The number of nitrogens with zero attached hydrogens (tertiary/aromatic N) is 4. The highest BCUT2D eigenvalue weighted by molar-refractivity contribution is 5.80. The number of carbonyl (C=O) groups is 1. The summed E-state index contributed by atoms with van der Waals surface area (Å²) in [5.41, 5.74) is 0.618. The van der Waals surface area contributed by atoms with E-state index in [0.29, 0.717) is 12.1 Å². The first-order valence-corrected chi connectivity index (χ1v) is 11.1. The molecule has 0 aliphatic heterocycles. The minimum atomic E-state index is -0.542. The van der Waals surface area contributed by atoms with Crippen LogP contribution in [0.2, 0.25) is 0 Å². The highest BCUT2D eigenvalue weighted by Crippen LogP contribution is 2.19. The van der Waals surface area contributed by atoms with E-state index >= 15 is 0 Å². The number of amides is 1. The van der Waals surface area contributed by atoms with Crippen molar-refractivity contribution in [2.24, 2.45) is 0 Å². The zero-order valence-corrected chi connectivity index (χ0v) is 18.8. The number of aromatic nitrogens is 2. The molecule has 2 atom stereocenters. The van der Waals surface area contributed by atoms with E-state index in [-0.39, 0.29) is 17.8 Å². The van der Waals surface area contributed by atoms with E-state index in [0.717, 1.165) is 19.6 Å². The lowest BCUT2D eigenvalue weighted by molar-refractivity contribution is -0.389. The number of carbonyl (C=O) groups excluding carboxylic acids is 1. The second-order valence-corrected chi connectivity index (χ2v) is 7.89. The van der Waals surface area contributed by atoms with E-state index in [1.165, 1.54) is 49.3 Å². The normalized spacial score (nSPS) is 13.4. The molecule has 0 spiro atoms. The van der Waals surface area contributed by atoms with Crippen molar-refractivity contribution in [3.63, 3.8) is 0 Å². The van der Waals surface area contributed by atoms with Gasteiger partial charge in [0.2, 0.25) is 5.91 Å². The van der Waals surface area contributed by atoms with Gasteiger partial charge in [-0.3, -0.25) is 4.79 Å². The zero-order valence-electron chi connectivity index (χ0n) is 18.8. The van der Waals surface area contributed by atoms with Gasteiger partial charge in [0.15, 0.2) is 6.04 Å². The van der Waals surface area contributed by atoms with Crippen molar-refractivity contribution >= 4 is 11.7 Å². The van der Waals surface area contributed by atoms with E-state index in [1.54, 1.807) is 6.92 Å². The van der Waals surface area contributed by atoms with E-state index in [2.05, 4.69) is 29.2 Å².